The van der Waals surface area contributed by atoms with Gasteiger partial charge in [0, 0.05) is 69.5 Å². The second kappa shape index (κ2) is 21.7. The predicted molar refractivity (Wildman–Crippen MR) is 171 cm³/mol. The zero-order valence-corrected chi connectivity index (χ0v) is 32.2. The first-order chi connectivity index (χ1) is 26.8. The van der Waals surface area contributed by atoms with Crippen molar-refractivity contribution in [3.05, 3.63) is 146 Å². The molecule has 300 valence electrons. The van der Waals surface area contributed by atoms with Gasteiger partial charge in [0.15, 0.2) is 0 Å². The van der Waals surface area contributed by atoms with Crippen molar-refractivity contribution in [2.24, 2.45) is 0 Å². The number of benzene rings is 3. The van der Waals surface area contributed by atoms with Gasteiger partial charge in [-0.2, -0.15) is 0 Å². The van der Waals surface area contributed by atoms with Gasteiger partial charge in [0.05, 0.1) is 33.1 Å². The van der Waals surface area contributed by atoms with E-state index in [2.05, 4.69) is 103 Å². The molecular formula is C36H24Cl3CoN6O12. The molecule has 0 radical (unpaired) electrons. The summed E-state index contributed by atoms with van der Waals surface area (Å²) >= 11 is 0. The average Bonchev–Trinajstić information content (AvgIpc) is 3.16. The van der Waals surface area contributed by atoms with E-state index in [4.69, 9.17) is 55.9 Å². The number of pyridine rings is 6. The second-order valence-corrected chi connectivity index (χ2v) is 13.0. The van der Waals surface area contributed by atoms with Crippen LogP contribution < -0.4 is 55.9 Å². The van der Waals surface area contributed by atoms with Crippen LogP contribution in [0, 0.1) is 30.7 Å². The Bertz CT molecular complexity index is 2220. The van der Waals surface area contributed by atoms with Gasteiger partial charge in [-0.1, -0.05) is 72.8 Å². The first-order valence-corrected chi connectivity index (χ1v) is 19.2. The molecule has 0 aliphatic carbocycles. The number of rotatable bonds is 0. The summed E-state index contributed by atoms with van der Waals surface area (Å²) in [7, 11) is -14.8. The van der Waals surface area contributed by atoms with Gasteiger partial charge in [0.1, 0.15) is 0 Å². The van der Waals surface area contributed by atoms with Crippen molar-refractivity contribution >= 4 is 65.4 Å². The van der Waals surface area contributed by atoms with Crippen molar-refractivity contribution in [3.63, 3.8) is 0 Å². The zero-order chi connectivity index (χ0) is 41.6. The Morgan fingerprint density at radius 3 is 0.483 bits per heavy atom. The molecule has 0 N–H and O–H groups in total. The fourth-order valence-electron chi connectivity index (χ4n) is 5.04. The predicted octanol–water partition coefficient (Wildman–Crippen LogP) is -5.92. The van der Waals surface area contributed by atoms with Crippen LogP contribution in [0.25, 0.3) is 65.4 Å². The molecule has 0 saturated carbocycles. The van der Waals surface area contributed by atoms with Gasteiger partial charge < -0.3 is 0 Å². The van der Waals surface area contributed by atoms with E-state index in [0.29, 0.717) is 0 Å². The second-order valence-electron chi connectivity index (χ2n) is 10.8. The molecule has 9 rings (SSSR count). The molecule has 0 fully saturated rings. The summed E-state index contributed by atoms with van der Waals surface area (Å²) in [5.74, 6) is 0. The molecular weight excluding hydrogens is 874 g/mol. The third kappa shape index (κ3) is 16.5. The van der Waals surface area contributed by atoms with Crippen LogP contribution in [0.2, 0.25) is 0 Å². The maximum Gasteiger partial charge on any atom is 3.00 e. The molecule has 0 aliphatic heterocycles. The molecule has 0 spiro atoms. The Morgan fingerprint density at radius 1 is 0.241 bits per heavy atom. The van der Waals surface area contributed by atoms with Crippen LogP contribution in [-0.4, -0.2) is 29.9 Å². The molecule has 22 heteroatoms. The Morgan fingerprint density at radius 2 is 0.362 bits per heavy atom. The topological polar surface area (TPSA) is 354 Å². The monoisotopic (exact) mass is 896 g/mol. The van der Waals surface area contributed by atoms with Crippen molar-refractivity contribution in [1.82, 2.24) is 29.9 Å². The van der Waals surface area contributed by atoms with Gasteiger partial charge in [-0.05, 0) is 36.4 Å². The van der Waals surface area contributed by atoms with E-state index in [9.17, 15) is 0 Å². The van der Waals surface area contributed by atoms with E-state index in [1.165, 1.54) is 0 Å². The van der Waals surface area contributed by atoms with Crippen LogP contribution in [0.3, 0.4) is 0 Å². The maximum absolute atomic E-state index is 8.49. The van der Waals surface area contributed by atoms with E-state index < -0.39 is 30.7 Å². The number of hydrogen-bond donors (Lipinski definition) is 0. The van der Waals surface area contributed by atoms with Crippen molar-refractivity contribution in [3.8, 4) is 0 Å². The molecule has 0 saturated heterocycles. The Balaban J connectivity index is 0.000000198. The first-order valence-electron chi connectivity index (χ1n) is 15.5. The quantitative estimate of drug-likeness (QED) is 0.128. The SMILES string of the molecule is [Co+3].[O-][Cl+3]([O-])([O-])[O-].[O-][Cl+3]([O-])([O-])[O-].[O-][Cl+3]([O-])([O-])[O-].c1cnc2c(c1)ccc1cccnc12.c1cnc2c(c1)ccc1cccnc12.c1cnc2c(c1)ccc1cccnc12. The molecule has 18 nitrogen and oxygen atoms in total. The van der Waals surface area contributed by atoms with E-state index in [0.717, 1.165) is 65.4 Å². The van der Waals surface area contributed by atoms with Crippen LogP contribution in [-0.2, 0) is 16.8 Å². The standard InChI is InChI=1S/3C12H8N2.3ClHO4.Co/c3*1-3-9-5-6-10-4-2-8-14-12(10)11(9)13-7-1;3*2-1(3,4)5;/h3*1-8H;3*(H,2,3,4,5);/q;;;;;;+3/p-3. The minimum absolute atomic E-state index is 0. The normalized spacial score (nSPS) is 11.0. The molecule has 0 aliphatic rings. The average molecular weight is 898 g/mol. The summed E-state index contributed by atoms with van der Waals surface area (Å²) < 4.78 is 102. The molecule has 0 amide bonds. The first kappa shape index (κ1) is 47.4. The number of halogens is 3. The Hall–Kier alpha value is -4.98. The molecule has 0 unspecified atom stereocenters. The summed E-state index contributed by atoms with van der Waals surface area (Å²) in [6.07, 6.45) is 10.8. The summed E-state index contributed by atoms with van der Waals surface area (Å²) in [5, 5.41) is 6.83. The molecule has 6 aromatic heterocycles. The molecule has 6 heterocycles. The van der Waals surface area contributed by atoms with Gasteiger partial charge in [0.2, 0.25) is 0 Å². The van der Waals surface area contributed by atoms with Crippen LogP contribution in [0.1, 0.15) is 0 Å². The van der Waals surface area contributed by atoms with E-state index in [1.807, 2.05) is 36.4 Å². The zero-order valence-electron chi connectivity index (χ0n) is 28.9. The van der Waals surface area contributed by atoms with Crippen LogP contribution in [0.4, 0.5) is 0 Å². The van der Waals surface area contributed by atoms with Gasteiger partial charge in [0.25, 0.3) is 0 Å². The summed E-state index contributed by atoms with van der Waals surface area (Å²) in [5.41, 5.74) is 5.86. The molecule has 0 atom stereocenters. The Labute approximate surface area is 343 Å². The third-order valence-electron chi connectivity index (χ3n) is 7.03. The summed E-state index contributed by atoms with van der Waals surface area (Å²) in [6, 6.07) is 36.4. The minimum Gasteiger partial charge on any atom is -0.254 e. The van der Waals surface area contributed by atoms with Crippen LogP contribution in [0.5, 0.6) is 0 Å². The van der Waals surface area contributed by atoms with Crippen molar-refractivity contribution in [2.45, 2.75) is 0 Å². The van der Waals surface area contributed by atoms with Crippen molar-refractivity contribution in [2.75, 3.05) is 0 Å². The minimum atomic E-state index is -4.94. The van der Waals surface area contributed by atoms with Gasteiger partial charge in [-0.15, -0.1) is 30.7 Å². The molecule has 9 aromatic rings. The molecule has 3 aromatic carbocycles. The fourth-order valence-corrected chi connectivity index (χ4v) is 5.04. The van der Waals surface area contributed by atoms with Gasteiger partial charge in [-0.25, -0.2) is 55.9 Å². The molecule has 0 bridgehead atoms. The Kier molecular flexibility index (Phi) is 17.7. The maximum atomic E-state index is 8.49. The van der Waals surface area contributed by atoms with Crippen LogP contribution >= 0.6 is 0 Å². The summed E-state index contributed by atoms with van der Waals surface area (Å²) in [4.78, 5) is 26.1. The number of aromatic nitrogens is 6. The third-order valence-corrected chi connectivity index (χ3v) is 7.03. The van der Waals surface area contributed by atoms with Crippen molar-refractivity contribution < 1.29 is 103 Å². The number of fused-ring (bicyclic) bond motifs is 9. The van der Waals surface area contributed by atoms with E-state index in [1.54, 1.807) is 37.2 Å². The van der Waals surface area contributed by atoms with Crippen LogP contribution in [0.15, 0.2) is 146 Å². The smallest absolute Gasteiger partial charge is 0.254 e. The van der Waals surface area contributed by atoms with Crippen molar-refractivity contribution in [1.29, 1.82) is 0 Å². The number of hydrogen-bond acceptors (Lipinski definition) is 18. The van der Waals surface area contributed by atoms with E-state index in [-0.39, 0.29) is 16.8 Å². The van der Waals surface area contributed by atoms with Gasteiger partial charge >= 0.3 is 16.8 Å². The largest absolute Gasteiger partial charge is 3.00 e. The fraction of sp³-hybridized carbons (Fsp3) is 0. The molecule has 58 heavy (non-hydrogen) atoms. The number of nitrogens with zero attached hydrogens (tertiary/aromatic N) is 6. The van der Waals surface area contributed by atoms with Gasteiger partial charge in [-0.3, -0.25) is 29.9 Å². The summed E-state index contributed by atoms with van der Waals surface area (Å²) in [6.45, 7) is 0. The van der Waals surface area contributed by atoms with E-state index >= 15 is 0 Å².